The van der Waals surface area contributed by atoms with Gasteiger partial charge in [0.15, 0.2) is 5.96 Å². The molecule has 1 aromatic rings. The number of piperidine rings is 1. The lowest BCUT2D eigenvalue weighted by atomic mass is 9.99. The van der Waals surface area contributed by atoms with Gasteiger partial charge in [-0.1, -0.05) is 31.2 Å². The number of likely N-dealkylation sites (tertiary alicyclic amines) is 1. The Labute approximate surface area is 187 Å². The van der Waals surface area contributed by atoms with Crippen molar-refractivity contribution in [2.45, 2.75) is 52.5 Å². The molecule has 1 fully saturated rings. The van der Waals surface area contributed by atoms with Gasteiger partial charge in [-0.2, -0.15) is 0 Å². The topological polar surface area (TPSA) is 47.9 Å². The number of aliphatic imine (C=N–C) groups is 1. The van der Waals surface area contributed by atoms with Crippen LogP contribution in [0.4, 0.5) is 0 Å². The van der Waals surface area contributed by atoms with Crippen LogP contribution in [0.3, 0.4) is 0 Å². The highest BCUT2D eigenvalue weighted by atomic mass is 127. The van der Waals surface area contributed by atoms with Crippen LogP contribution < -0.4 is 5.32 Å². The Morgan fingerprint density at radius 1 is 1.14 bits per heavy atom. The van der Waals surface area contributed by atoms with Crippen molar-refractivity contribution in [3.63, 3.8) is 0 Å². The summed E-state index contributed by atoms with van der Waals surface area (Å²) in [6, 6.07) is 8.46. The standard InChI is InChI=1S/C22H34N4O.HI/c1-3-23-22(25-14-10-18(2)11-15-25)24-13-6-9-21(27)26-16-12-19-7-4-5-8-20(19)17-26;/h4-5,7-8,18H,3,6,9-17H2,1-2H3,(H,23,24);1H. The first kappa shape index (κ1) is 23.0. The van der Waals surface area contributed by atoms with Gasteiger partial charge in [0.25, 0.3) is 0 Å². The minimum absolute atomic E-state index is 0. The number of guanidine groups is 1. The number of nitrogens with one attached hydrogen (secondary N) is 1. The van der Waals surface area contributed by atoms with Gasteiger partial charge >= 0.3 is 0 Å². The van der Waals surface area contributed by atoms with Crippen molar-refractivity contribution in [2.75, 3.05) is 32.7 Å². The van der Waals surface area contributed by atoms with Crippen molar-refractivity contribution in [3.8, 4) is 0 Å². The largest absolute Gasteiger partial charge is 0.357 e. The van der Waals surface area contributed by atoms with E-state index >= 15 is 0 Å². The molecule has 0 saturated carbocycles. The van der Waals surface area contributed by atoms with Crippen LogP contribution in [0.2, 0.25) is 0 Å². The molecule has 0 spiro atoms. The Hall–Kier alpha value is -1.31. The second-order valence-electron chi connectivity index (χ2n) is 7.84. The third-order valence-electron chi connectivity index (χ3n) is 5.71. The molecule has 1 aromatic carbocycles. The number of fused-ring (bicyclic) bond motifs is 1. The van der Waals surface area contributed by atoms with Gasteiger partial charge < -0.3 is 15.1 Å². The number of halogens is 1. The molecule has 6 heteroatoms. The maximum absolute atomic E-state index is 12.6. The molecule has 1 N–H and O–H groups in total. The van der Waals surface area contributed by atoms with Crippen molar-refractivity contribution in [1.82, 2.24) is 15.1 Å². The van der Waals surface area contributed by atoms with Crippen LogP contribution in [-0.4, -0.2) is 54.4 Å². The summed E-state index contributed by atoms with van der Waals surface area (Å²) in [7, 11) is 0. The highest BCUT2D eigenvalue weighted by molar-refractivity contribution is 14.0. The van der Waals surface area contributed by atoms with E-state index in [9.17, 15) is 4.79 Å². The summed E-state index contributed by atoms with van der Waals surface area (Å²) < 4.78 is 0. The van der Waals surface area contributed by atoms with Gasteiger partial charge in [-0.15, -0.1) is 24.0 Å². The van der Waals surface area contributed by atoms with Crippen molar-refractivity contribution in [3.05, 3.63) is 35.4 Å². The molecular formula is C22H35IN4O. The van der Waals surface area contributed by atoms with Gasteiger partial charge in [-0.25, -0.2) is 0 Å². The first-order chi connectivity index (χ1) is 13.2. The lowest BCUT2D eigenvalue weighted by Gasteiger charge is -2.33. The van der Waals surface area contributed by atoms with Crippen LogP contribution in [0.1, 0.15) is 50.7 Å². The zero-order valence-electron chi connectivity index (χ0n) is 17.3. The van der Waals surface area contributed by atoms with Crippen molar-refractivity contribution in [1.29, 1.82) is 0 Å². The van der Waals surface area contributed by atoms with Crippen LogP contribution in [0.5, 0.6) is 0 Å². The van der Waals surface area contributed by atoms with E-state index in [-0.39, 0.29) is 29.9 Å². The van der Waals surface area contributed by atoms with Crippen LogP contribution in [0, 0.1) is 5.92 Å². The highest BCUT2D eigenvalue weighted by Gasteiger charge is 2.20. The van der Waals surface area contributed by atoms with Gasteiger partial charge in [0.2, 0.25) is 5.91 Å². The Kier molecular flexibility index (Phi) is 9.55. The summed E-state index contributed by atoms with van der Waals surface area (Å²) in [6.45, 7) is 9.80. The Morgan fingerprint density at radius 3 is 2.57 bits per heavy atom. The molecule has 2 aliphatic heterocycles. The van der Waals surface area contributed by atoms with E-state index in [0.717, 1.165) is 57.4 Å². The summed E-state index contributed by atoms with van der Waals surface area (Å²) in [5.41, 5.74) is 2.68. The Morgan fingerprint density at radius 2 is 1.86 bits per heavy atom. The fraction of sp³-hybridized carbons (Fsp3) is 0.636. The number of rotatable bonds is 5. The number of carbonyl (C=O) groups excluding carboxylic acids is 1. The molecule has 2 heterocycles. The molecule has 156 valence electrons. The van der Waals surface area contributed by atoms with E-state index in [1.165, 1.54) is 24.0 Å². The molecule has 0 unspecified atom stereocenters. The Bertz CT molecular complexity index is 656. The second kappa shape index (κ2) is 11.6. The lowest BCUT2D eigenvalue weighted by molar-refractivity contribution is -0.132. The third kappa shape index (κ3) is 6.36. The van der Waals surface area contributed by atoms with Crippen LogP contribution in [0.15, 0.2) is 29.3 Å². The molecule has 0 bridgehead atoms. The average Bonchev–Trinajstić information content (AvgIpc) is 2.70. The fourth-order valence-corrected chi connectivity index (χ4v) is 3.93. The van der Waals surface area contributed by atoms with E-state index in [1.54, 1.807) is 0 Å². The van der Waals surface area contributed by atoms with Gasteiger partial charge in [0.05, 0.1) is 0 Å². The van der Waals surface area contributed by atoms with E-state index in [0.29, 0.717) is 13.0 Å². The summed E-state index contributed by atoms with van der Waals surface area (Å²) in [6.07, 6.45) is 4.84. The number of amides is 1. The van der Waals surface area contributed by atoms with Crippen LogP contribution in [-0.2, 0) is 17.8 Å². The molecule has 0 aromatic heterocycles. The summed E-state index contributed by atoms with van der Waals surface area (Å²) >= 11 is 0. The van der Waals surface area contributed by atoms with Gasteiger partial charge in [0.1, 0.15) is 0 Å². The van der Waals surface area contributed by atoms with Crippen LogP contribution >= 0.6 is 24.0 Å². The molecule has 1 saturated heterocycles. The average molecular weight is 498 g/mol. The lowest BCUT2D eigenvalue weighted by Crippen LogP contribution is -2.45. The zero-order valence-corrected chi connectivity index (χ0v) is 19.7. The monoisotopic (exact) mass is 498 g/mol. The summed E-state index contributed by atoms with van der Waals surface area (Å²) in [5, 5.41) is 3.41. The molecule has 0 radical (unpaired) electrons. The normalized spacial score (nSPS) is 17.7. The van der Waals surface area contributed by atoms with E-state index in [1.807, 2.05) is 4.90 Å². The molecule has 2 aliphatic rings. The molecule has 3 rings (SSSR count). The first-order valence-electron chi connectivity index (χ1n) is 10.5. The number of hydrogen-bond donors (Lipinski definition) is 1. The van der Waals surface area contributed by atoms with Gasteiger partial charge in [-0.05, 0) is 49.7 Å². The number of carbonyl (C=O) groups is 1. The van der Waals surface area contributed by atoms with E-state index in [2.05, 4.69) is 48.3 Å². The summed E-state index contributed by atoms with van der Waals surface area (Å²) in [4.78, 5) is 21.7. The van der Waals surface area contributed by atoms with Crippen molar-refractivity contribution >= 4 is 35.8 Å². The second-order valence-corrected chi connectivity index (χ2v) is 7.84. The fourth-order valence-electron chi connectivity index (χ4n) is 3.93. The van der Waals surface area contributed by atoms with Crippen LogP contribution in [0.25, 0.3) is 0 Å². The Balaban J connectivity index is 0.00000280. The minimum atomic E-state index is 0. The quantitative estimate of drug-likeness (QED) is 0.292. The molecule has 0 aliphatic carbocycles. The molecule has 5 nitrogen and oxygen atoms in total. The number of nitrogens with zero attached hydrogens (tertiary/aromatic N) is 3. The van der Waals surface area contributed by atoms with E-state index in [4.69, 9.17) is 4.99 Å². The van der Waals surface area contributed by atoms with Crippen molar-refractivity contribution < 1.29 is 4.79 Å². The SMILES string of the molecule is CCNC(=NCCCC(=O)N1CCc2ccccc2C1)N1CCC(C)CC1.I. The number of hydrogen-bond acceptors (Lipinski definition) is 2. The smallest absolute Gasteiger partial charge is 0.222 e. The van der Waals surface area contributed by atoms with Crippen molar-refractivity contribution in [2.24, 2.45) is 10.9 Å². The molecule has 1 amide bonds. The predicted octanol–water partition coefficient (Wildman–Crippen LogP) is 3.67. The first-order valence-corrected chi connectivity index (χ1v) is 10.5. The van der Waals surface area contributed by atoms with Gasteiger partial charge in [0, 0.05) is 45.7 Å². The molecule has 0 atom stereocenters. The predicted molar refractivity (Wildman–Crippen MR) is 126 cm³/mol. The maximum Gasteiger partial charge on any atom is 0.222 e. The minimum Gasteiger partial charge on any atom is -0.357 e. The highest BCUT2D eigenvalue weighted by Crippen LogP contribution is 2.19. The molecule has 28 heavy (non-hydrogen) atoms. The maximum atomic E-state index is 12.6. The molecular weight excluding hydrogens is 463 g/mol. The zero-order chi connectivity index (χ0) is 19.1. The van der Waals surface area contributed by atoms with Gasteiger partial charge in [-0.3, -0.25) is 9.79 Å². The van der Waals surface area contributed by atoms with E-state index < -0.39 is 0 Å². The summed E-state index contributed by atoms with van der Waals surface area (Å²) in [5.74, 6) is 2.09. The third-order valence-corrected chi connectivity index (χ3v) is 5.71. The number of benzene rings is 1.